The normalized spacial score (nSPS) is 15.5. The van der Waals surface area contributed by atoms with Crippen molar-refractivity contribution in [3.8, 4) is 11.3 Å². The van der Waals surface area contributed by atoms with Crippen LogP contribution in [0.3, 0.4) is 0 Å². The summed E-state index contributed by atoms with van der Waals surface area (Å²) >= 11 is 1.77. The molecule has 0 aromatic carbocycles. The third-order valence-electron chi connectivity index (χ3n) is 6.27. The molecule has 4 aromatic heterocycles. The van der Waals surface area contributed by atoms with Crippen molar-refractivity contribution in [2.45, 2.75) is 31.1 Å². The van der Waals surface area contributed by atoms with E-state index < -0.39 is 36.4 Å². The number of fused-ring (bicyclic) bond motifs is 1. The minimum absolute atomic E-state index is 0.303. The molecule has 5 heterocycles. The van der Waals surface area contributed by atoms with Gasteiger partial charge in [0.25, 0.3) is 0 Å². The number of piperazine rings is 1. The van der Waals surface area contributed by atoms with Gasteiger partial charge in [-0.05, 0) is 53.7 Å². The van der Waals surface area contributed by atoms with E-state index >= 15 is 0 Å². The predicted molar refractivity (Wildman–Crippen MR) is 154 cm³/mol. The molecular formula is C28H26F9N5O6S. The number of hydrogen-bond donors (Lipinski definition) is 3. The Morgan fingerprint density at radius 2 is 1.37 bits per heavy atom. The number of alkyl halides is 9. The van der Waals surface area contributed by atoms with Crippen LogP contribution >= 0.6 is 11.3 Å². The summed E-state index contributed by atoms with van der Waals surface area (Å²) in [5.74, 6) is -8.27. The van der Waals surface area contributed by atoms with Gasteiger partial charge >= 0.3 is 36.4 Å². The maximum Gasteiger partial charge on any atom is 0.490 e. The monoisotopic (exact) mass is 731 g/mol. The van der Waals surface area contributed by atoms with Gasteiger partial charge in [0.2, 0.25) is 0 Å². The summed E-state index contributed by atoms with van der Waals surface area (Å²) in [6, 6.07) is 12.9. The lowest BCUT2D eigenvalue weighted by Gasteiger charge is -2.38. The van der Waals surface area contributed by atoms with Gasteiger partial charge < -0.3 is 15.3 Å². The number of imidazole rings is 1. The highest BCUT2D eigenvalue weighted by Crippen LogP contribution is 2.28. The molecule has 49 heavy (non-hydrogen) atoms. The van der Waals surface area contributed by atoms with Crippen molar-refractivity contribution in [2.75, 3.05) is 26.7 Å². The average molecular weight is 732 g/mol. The number of nitrogens with zero attached hydrogens (tertiary/aromatic N) is 5. The molecule has 0 bridgehead atoms. The van der Waals surface area contributed by atoms with Gasteiger partial charge in [-0.15, -0.1) is 0 Å². The van der Waals surface area contributed by atoms with Crippen molar-refractivity contribution in [2.24, 2.45) is 0 Å². The lowest BCUT2D eigenvalue weighted by atomic mass is 10.1. The van der Waals surface area contributed by atoms with Gasteiger partial charge in [0.1, 0.15) is 5.65 Å². The van der Waals surface area contributed by atoms with Crippen LogP contribution < -0.4 is 0 Å². The van der Waals surface area contributed by atoms with Gasteiger partial charge in [-0.1, -0.05) is 6.07 Å². The minimum Gasteiger partial charge on any atom is -0.475 e. The number of carboxylic acids is 3. The zero-order valence-corrected chi connectivity index (χ0v) is 25.7. The molecule has 1 saturated heterocycles. The molecule has 1 fully saturated rings. The largest absolute Gasteiger partial charge is 0.490 e. The zero-order chi connectivity index (χ0) is 37.2. The Hall–Kier alpha value is -4.76. The molecule has 0 amide bonds. The quantitative estimate of drug-likeness (QED) is 0.219. The van der Waals surface area contributed by atoms with Crippen LogP contribution in [-0.2, 0) is 20.9 Å². The molecule has 5 rings (SSSR count). The Morgan fingerprint density at radius 3 is 1.84 bits per heavy atom. The topological polar surface area (TPSA) is 149 Å². The number of carbonyl (C=O) groups is 3. The molecule has 1 atom stereocenters. The summed E-state index contributed by atoms with van der Waals surface area (Å²) in [6.07, 6.45) is -9.37. The van der Waals surface area contributed by atoms with Crippen LogP contribution in [0.5, 0.6) is 0 Å². The van der Waals surface area contributed by atoms with Crippen LogP contribution in [0.25, 0.3) is 16.9 Å². The third kappa shape index (κ3) is 13.0. The number of halogens is 9. The highest BCUT2D eigenvalue weighted by Gasteiger charge is 2.39. The number of pyridine rings is 2. The van der Waals surface area contributed by atoms with Crippen molar-refractivity contribution in [3.63, 3.8) is 0 Å². The van der Waals surface area contributed by atoms with Gasteiger partial charge in [0.05, 0.1) is 17.4 Å². The van der Waals surface area contributed by atoms with E-state index in [2.05, 4.69) is 67.5 Å². The van der Waals surface area contributed by atoms with E-state index in [0.717, 1.165) is 48.8 Å². The van der Waals surface area contributed by atoms with Crippen LogP contribution in [0.4, 0.5) is 39.5 Å². The number of carboxylic acid groups (broad SMARTS) is 3. The number of hydrogen-bond acceptors (Lipinski definition) is 8. The first-order chi connectivity index (χ1) is 22.6. The second-order valence-corrected chi connectivity index (χ2v) is 10.6. The van der Waals surface area contributed by atoms with Crippen LogP contribution in [0.1, 0.15) is 17.3 Å². The summed E-state index contributed by atoms with van der Waals surface area (Å²) in [6.45, 7) is 4.17. The van der Waals surface area contributed by atoms with Crippen molar-refractivity contribution in [3.05, 3.63) is 77.0 Å². The van der Waals surface area contributed by atoms with Gasteiger partial charge in [0, 0.05) is 50.3 Å². The fourth-order valence-electron chi connectivity index (χ4n) is 3.98. The molecular weight excluding hydrogens is 705 g/mol. The van der Waals surface area contributed by atoms with E-state index in [9.17, 15) is 39.5 Å². The number of rotatable bonds is 4. The minimum atomic E-state index is -5.08. The maximum absolute atomic E-state index is 10.6. The number of likely N-dealkylation sites (N-methyl/N-ethyl adjacent to an activating group) is 1. The highest BCUT2D eigenvalue weighted by molar-refractivity contribution is 7.07. The lowest BCUT2D eigenvalue weighted by molar-refractivity contribution is -0.193. The zero-order valence-electron chi connectivity index (χ0n) is 24.9. The fraction of sp³-hybridized carbons (Fsp3) is 0.321. The third-order valence-corrected chi connectivity index (χ3v) is 7.01. The van der Waals surface area contributed by atoms with E-state index in [1.807, 2.05) is 24.5 Å². The molecule has 1 aliphatic heterocycles. The second-order valence-electron chi connectivity index (χ2n) is 9.81. The maximum atomic E-state index is 10.6. The number of aromatic nitrogens is 3. The lowest BCUT2D eigenvalue weighted by Crippen LogP contribution is -2.46. The fourth-order valence-corrected chi connectivity index (χ4v) is 4.64. The first-order valence-corrected chi connectivity index (χ1v) is 14.3. The van der Waals surface area contributed by atoms with Crippen LogP contribution in [0.2, 0.25) is 0 Å². The predicted octanol–water partition coefficient (Wildman–Crippen LogP) is 5.85. The molecule has 3 N–H and O–H groups in total. The molecule has 268 valence electrons. The Balaban J connectivity index is 0.000000325. The van der Waals surface area contributed by atoms with Crippen LogP contribution in [0.15, 0.2) is 65.7 Å². The highest BCUT2D eigenvalue weighted by atomic mass is 32.1. The van der Waals surface area contributed by atoms with Gasteiger partial charge in [-0.2, -0.15) is 50.9 Å². The molecule has 0 saturated carbocycles. The molecule has 0 spiro atoms. The molecule has 1 aliphatic rings. The first kappa shape index (κ1) is 40.4. The van der Waals surface area contributed by atoms with Gasteiger partial charge in [-0.3, -0.25) is 19.2 Å². The van der Waals surface area contributed by atoms with E-state index in [0.29, 0.717) is 6.04 Å². The van der Waals surface area contributed by atoms with E-state index in [1.165, 1.54) is 5.56 Å². The van der Waals surface area contributed by atoms with Gasteiger partial charge in [-0.25, -0.2) is 19.4 Å². The molecule has 21 heteroatoms. The standard InChI is InChI=1S/C22H23N5S.3C2HF3O2/c1-25-10-11-26(13-17-7-12-28-16-17)15-21(25)19-14-27-20(3-2-4-22(27)24-19)18-5-8-23-9-6-18;3*3-2(4,5)1(6)7/h2-9,12,14,16,21H,10-11,13,15H2,1H3;3*(H,6,7). The molecule has 0 aliphatic carbocycles. The number of thiophene rings is 1. The van der Waals surface area contributed by atoms with Crippen molar-refractivity contribution >= 4 is 34.9 Å². The summed E-state index contributed by atoms with van der Waals surface area (Å²) in [5, 5.41) is 25.8. The smallest absolute Gasteiger partial charge is 0.475 e. The van der Waals surface area contributed by atoms with E-state index in [-0.39, 0.29) is 0 Å². The van der Waals surface area contributed by atoms with E-state index in [4.69, 9.17) is 34.7 Å². The second kappa shape index (κ2) is 17.1. The van der Waals surface area contributed by atoms with E-state index in [1.54, 1.807) is 11.3 Å². The number of aliphatic carboxylic acids is 3. The van der Waals surface area contributed by atoms with Crippen molar-refractivity contribution in [1.29, 1.82) is 0 Å². The summed E-state index contributed by atoms with van der Waals surface area (Å²) in [5.41, 5.74) is 5.84. The molecule has 0 radical (unpaired) electrons. The van der Waals surface area contributed by atoms with Crippen molar-refractivity contribution in [1.82, 2.24) is 24.2 Å². The molecule has 1 unspecified atom stereocenters. The Kier molecular flexibility index (Phi) is 14.1. The molecule has 11 nitrogen and oxygen atoms in total. The first-order valence-electron chi connectivity index (χ1n) is 13.3. The van der Waals surface area contributed by atoms with Gasteiger partial charge in [0.15, 0.2) is 0 Å². The Bertz CT molecular complexity index is 1610. The SMILES string of the molecule is CN1CCN(Cc2ccsc2)CC1c1cn2c(-c3ccncc3)cccc2n1.O=C(O)C(F)(F)F.O=C(O)C(F)(F)F.O=C(O)C(F)(F)F. The van der Waals surface area contributed by atoms with Crippen LogP contribution in [-0.4, -0.2) is 103 Å². The Morgan fingerprint density at radius 1 is 0.837 bits per heavy atom. The van der Waals surface area contributed by atoms with Crippen LogP contribution in [0, 0.1) is 0 Å². The summed E-state index contributed by atoms with van der Waals surface area (Å²) < 4.78 is 97.4. The molecule has 4 aromatic rings. The average Bonchev–Trinajstić information content (AvgIpc) is 3.68. The van der Waals surface area contributed by atoms with Crippen molar-refractivity contribution < 1.29 is 69.2 Å². The Labute approximate surface area is 274 Å². The summed E-state index contributed by atoms with van der Waals surface area (Å²) in [4.78, 5) is 40.8. The summed E-state index contributed by atoms with van der Waals surface area (Å²) in [7, 11) is 2.21.